The van der Waals surface area contributed by atoms with E-state index in [1.807, 2.05) is 24.3 Å². The maximum Gasteiger partial charge on any atom is 0.286 e. The maximum atomic E-state index is 12.4. The van der Waals surface area contributed by atoms with Gasteiger partial charge in [-0.15, -0.1) is 11.8 Å². The van der Waals surface area contributed by atoms with E-state index < -0.39 is 0 Å². The Bertz CT molecular complexity index is 897. The van der Waals surface area contributed by atoms with E-state index in [0.717, 1.165) is 30.1 Å². The molecule has 3 heterocycles. The fraction of sp³-hybridized carbons (Fsp3) is 0.478. The molecule has 6 nitrogen and oxygen atoms in total. The molecule has 30 heavy (non-hydrogen) atoms. The number of nitrogens with one attached hydrogen (secondary N) is 1. The van der Waals surface area contributed by atoms with Gasteiger partial charge in [-0.3, -0.25) is 9.59 Å². The third-order valence-corrected chi connectivity index (χ3v) is 6.90. The summed E-state index contributed by atoms with van der Waals surface area (Å²) >= 11 is 1.55. The molecule has 1 fully saturated rings. The molecule has 0 radical (unpaired) electrons. The van der Waals surface area contributed by atoms with Crippen LogP contribution in [0.25, 0.3) is 0 Å². The normalized spacial score (nSPS) is 19.6. The number of carbonyl (C=O) groups is 2. The summed E-state index contributed by atoms with van der Waals surface area (Å²) < 4.78 is 5.75. The zero-order chi connectivity index (χ0) is 20.9. The molecule has 160 valence electrons. The number of thioether (sulfide) groups is 1. The Labute approximate surface area is 182 Å². The van der Waals surface area contributed by atoms with Crippen LogP contribution in [0.5, 0.6) is 0 Å². The van der Waals surface area contributed by atoms with Crippen LogP contribution >= 0.6 is 11.8 Å². The fourth-order valence-corrected chi connectivity index (χ4v) is 5.06. The number of piperidine rings is 1. The minimum atomic E-state index is -0.200. The molecule has 7 heteroatoms. The second-order valence-corrected chi connectivity index (χ2v) is 9.01. The Hall–Kier alpha value is -2.25. The van der Waals surface area contributed by atoms with Crippen LogP contribution in [0.4, 0.5) is 5.69 Å². The highest BCUT2D eigenvalue weighted by atomic mass is 32.2. The molecule has 2 aliphatic rings. The first-order valence-corrected chi connectivity index (χ1v) is 11.7. The molecular formula is C23H29N3O3S. The number of likely N-dealkylation sites (tertiary alicyclic amines) is 1. The molecule has 1 saturated heterocycles. The minimum Gasteiger partial charge on any atom is -0.454 e. The number of benzene rings is 1. The number of carbonyl (C=O) groups excluding carboxylic acids is 2. The highest BCUT2D eigenvalue weighted by Gasteiger charge is 2.25. The third-order valence-electron chi connectivity index (χ3n) is 5.86. The quantitative estimate of drug-likeness (QED) is 0.679. The van der Waals surface area contributed by atoms with Gasteiger partial charge in [-0.05, 0) is 57.0 Å². The number of para-hydroxylation sites is 1. The van der Waals surface area contributed by atoms with E-state index in [1.54, 1.807) is 28.8 Å². The van der Waals surface area contributed by atoms with Crippen molar-refractivity contribution in [3.05, 3.63) is 47.9 Å². The van der Waals surface area contributed by atoms with Gasteiger partial charge in [0.25, 0.3) is 5.91 Å². The van der Waals surface area contributed by atoms with Crippen LogP contribution in [0.15, 0.2) is 45.7 Å². The Morgan fingerprint density at radius 2 is 2.10 bits per heavy atom. The van der Waals surface area contributed by atoms with Gasteiger partial charge >= 0.3 is 0 Å². The van der Waals surface area contributed by atoms with Crippen LogP contribution in [0.2, 0.25) is 0 Å². The summed E-state index contributed by atoms with van der Waals surface area (Å²) in [5.74, 6) is 1.17. The highest BCUT2D eigenvalue weighted by molar-refractivity contribution is 8.00. The Morgan fingerprint density at radius 3 is 2.97 bits per heavy atom. The SMILES string of the molecule is CC1CCCCN1CCCNC(=O)c1ccc(CN2C(=O)CSc3ccccc32)o1. The average molecular weight is 428 g/mol. The monoisotopic (exact) mass is 427 g/mol. The Balaban J connectivity index is 1.28. The van der Waals surface area contributed by atoms with Crippen molar-refractivity contribution in [3.63, 3.8) is 0 Å². The molecule has 0 saturated carbocycles. The maximum absolute atomic E-state index is 12.4. The third kappa shape index (κ3) is 4.90. The molecule has 2 aliphatic heterocycles. The molecule has 4 rings (SSSR count). The van der Waals surface area contributed by atoms with E-state index in [9.17, 15) is 9.59 Å². The Kier molecular flexibility index (Phi) is 6.79. The molecule has 0 spiro atoms. The number of furan rings is 1. The molecular weight excluding hydrogens is 398 g/mol. The number of rotatable bonds is 7. The number of nitrogens with zero attached hydrogens (tertiary/aromatic N) is 2. The van der Waals surface area contributed by atoms with E-state index in [-0.39, 0.29) is 11.8 Å². The van der Waals surface area contributed by atoms with Gasteiger partial charge in [0.2, 0.25) is 5.91 Å². The molecule has 1 aromatic heterocycles. The van der Waals surface area contributed by atoms with Gasteiger partial charge in [0, 0.05) is 24.0 Å². The topological polar surface area (TPSA) is 65.8 Å². The van der Waals surface area contributed by atoms with Crippen molar-refractivity contribution in [2.75, 3.05) is 30.3 Å². The first kappa shape index (κ1) is 21.0. The Morgan fingerprint density at radius 1 is 1.23 bits per heavy atom. The summed E-state index contributed by atoms with van der Waals surface area (Å²) in [5, 5.41) is 2.95. The van der Waals surface area contributed by atoms with Crippen LogP contribution in [0, 0.1) is 0 Å². The summed E-state index contributed by atoms with van der Waals surface area (Å²) in [4.78, 5) is 30.2. The van der Waals surface area contributed by atoms with Crippen molar-refractivity contribution >= 4 is 29.3 Å². The standard InChI is InChI=1S/C23H29N3O3S/c1-17-7-4-5-13-25(17)14-6-12-24-23(28)20-11-10-18(29-20)15-26-19-8-2-3-9-21(19)30-16-22(26)27/h2-3,8-11,17H,4-7,12-16H2,1H3,(H,24,28). The van der Waals surface area contributed by atoms with Gasteiger partial charge < -0.3 is 19.5 Å². The summed E-state index contributed by atoms with van der Waals surface area (Å²) in [6.45, 7) is 5.42. The summed E-state index contributed by atoms with van der Waals surface area (Å²) in [7, 11) is 0. The zero-order valence-corrected chi connectivity index (χ0v) is 18.2. The van der Waals surface area contributed by atoms with Gasteiger partial charge in [-0.1, -0.05) is 18.6 Å². The molecule has 0 aliphatic carbocycles. The van der Waals surface area contributed by atoms with Crippen LogP contribution in [0.1, 0.15) is 48.9 Å². The predicted molar refractivity (Wildman–Crippen MR) is 119 cm³/mol. The van der Waals surface area contributed by atoms with E-state index >= 15 is 0 Å². The second kappa shape index (κ2) is 9.71. The minimum absolute atomic E-state index is 0.0491. The zero-order valence-electron chi connectivity index (χ0n) is 17.4. The molecule has 1 unspecified atom stereocenters. The van der Waals surface area contributed by atoms with Gasteiger partial charge in [-0.25, -0.2) is 0 Å². The lowest BCUT2D eigenvalue weighted by Crippen LogP contribution is -2.39. The van der Waals surface area contributed by atoms with Gasteiger partial charge in [0.1, 0.15) is 5.76 Å². The lowest BCUT2D eigenvalue weighted by atomic mass is 10.0. The fourth-order valence-electron chi connectivity index (χ4n) is 4.13. The number of hydrogen-bond donors (Lipinski definition) is 1. The lowest BCUT2D eigenvalue weighted by Gasteiger charge is -2.33. The van der Waals surface area contributed by atoms with Crippen molar-refractivity contribution in [3.8, 4) is 0 Å². The van der Waals surface area contributed by atoms with E-state index in [0.29, 0.717) is 36.4 Å². The van der Waals surface area contributed by atoms with E-state index in [4.69, 9.17) is 4.42 Å². The molecule has 1 N–H and O–H groups in total. The number of hydrogen-bond acceptors (Lipinski definition) is 5. The first-order chi connectivity index (χ1) is 14.6. The van der Waals surface area contributed by atoms with Gasteiger partial charge in [-0.2, -0.15) is 0 Å². The summed E-state index contributed by atoms with van der Waals surface area (Å²) in [6.07, 6.45) is 4.79. The predicted octanol–water partition coefficient (Wildman–Crippen LogP) is 3.91. The van der Waals surface area contributed by atoms with Gasteiger partial charge in [0.15, 0.2) is 5.76 Å². The van der Waals surface area contributed by atoms with E-state index in [1.165, 1.54) is 19.3 Å². The van der Waals surface area contributed by atoms with Crippen LogP contribution < -0.4 is 10.2 Å². The largest absolute Gasteiger partial charge is 0.454 e. The van der Waals surface area contributed by atoms with Crippen molar-refractivity contribution < 1.29 is 14.0 Å². The molecule has 1 aromatic carbocycles. The van der Waals surface area contributed by atoms with Gasteiger partial charge in [0.05, 0.1) is 18.0 Å². The molecule has 0 bridgehead atoms. The number of amides is 2. The lowest BCUT2D eigenvalue weighted by molar-refractivity contribution is -0.116. The van der Waals surface area contributed by atoms with Crippen LogP contribution in [-0.2, 0) is 11.3 Å². The number of fused-ring (bicyclic) bond motifs is 1. The van der Waals surface area contributed by atoms with E-state index in [2.05, 4.69) is 17.1 Å². The average Bonchev–Trinajstić information content (AvgIpc) is 3.23. The summed E-state index contributed by atoms with van der Waals surface area (Å²) in [5.41, 5.74) is 0.896. The first-order valence-electron chi connectivity index (χ1n) is 10.7. The van der Waals surface area contributed by atoms with Crippen LogP contribution in [-0.4, -0.2) is 48.1 Å². The van der Waals surface area contributed by atoms with Crippen molar-refractivity contribution in [1.29, 1.82) is 0 Å². The van der Waals surface area contributed by atoms with Crippen LogP contribution in [0.3, 0.4) is 0 Å². The second-order valence-electron chi connectivity index (χ2n) is 7.99. The summed E-state index contributed by atoms with van der Waals surface area (Å²) in [6, 6.07) is 12.0. The smallest absolute Gasteiger partial charge is 0.286 e. The van der Waals surface area contributed by atoms with Crippen molar-refractivity contribution in [1.82, 2.24) is 10.2 Å². The molecule has 2 aromatic rings. The highest BCUT2D eigenvalue weighted by Crippen LogP contribution is 2.35. The number of anilines is 1. The molecule has 2 amide bonds. The molecule has 1 atom stereocenters. The van der Waals surface area contributed by atoms with Crippen molar-refractivity contribution in [2.24, 2.45) is 0 Å². The van der Waals surface area contributed by atoms with Crippen molar-refractivity contribution in [2.45, 2.75) is 50.1 Å².